The summed E-state index contributed by atoms with van der Waals surface area (Å²) in [5.41, 5.74) is 1.76. The van der Waals surface area contributed by atoms with Crippen LogP contribution >= 0.6 is 0 Å². The Kier molecular flexibility index (Phi) is 3.64. The zero-order valence-electron chi connectivity index (χ0n) is 9.95. The lowest BCUT2D eigenvalue weighted by molar-refractivity contribution is -0.0000109. The van der Waals surface area contributed by atoms with Crippen LogP contribution in [0.2, 0.25) is 0 Å². The first-order valence-electron chi connectivity index (χ1n) is 5.07. The van der Waals surface area contributed by atoms with Crippen LogP contribution < -0.4 is 33.2 Å². The smallest absolute Gasteiger partial charge is 0.206 e. The molecule has 1 aliphatic heterocycles. The fourth-order valence-corrected chi connectivity index (χ4v) is 1.82. The van der Waals surface area contributed by atoms with E-state index < -0.39 is 0 Å². The van der Waals surface area contributed by atoms with Crippen LogP contribution in [0.15, 0.2) is 18.2 Å². The van der Waals surface area contributed by atoms with Crippen molar-refractivity contribution in [3.63, 3.8) is 0 Å². The largest absolute Gasteiger partial charge is 1.00 e. The Morgan fingerprint density at radius 3 is 2.44 bits per heavy atom. The number of fused-ring (bicyclic) bond motifs is 1. The molecular formula is C12H16INO2. The number of ketones is 1. The predicted molar refractivity (Wildman–Crippen MR) is 60.4 cm³/mol. The zero-order valence-corrected chi connectivity index (χ0v) is 12.1. The van der Waals surface area contributed by atoms with E-state index in [1.54, 1.807) is 6.92 Å². The number of carbonyl (C=O) groups is 1. The first-order chi connectivity index (χ1) is 6.91. The van der Waals surface area contributed by atoms with Gasteiger partial charge in [0.25, 0.3) is 0 Å². The van der Waals surface area contributed by atoms with E-state index in [-0.39, 0.29) is 35.9 Å². The highest BCUT2D eigenvalue weighted by Crippen LogP contribution is 2.39. The van der Waals surface area contributed by atoms with Crippen LogP contribution in [0.3, 0.4) is 0 Å². The van der Waals surface area contributed by atoms with Crippen LogP contribution in [0.1, 0.15) is 17.3 Å². The molecule has 0 amide bonds. The van der Waals surface area contributed by atoms with Crippen LogP contribution in [0.25, 0.3) is 0 Å². The molecule has 0 saturated heterocycles. The maximum absolute atomic E-state index is 11.7. The maximum Gasteiger partial charge on any atom is 0.206 e. The number of para-hydroxylation sites is 1. The van der Waals surface area contributed by atoms with Gasteiger partial charge in [0.05, 0.1) is 26.7 Å². The van der Waals surface area contributed by atoms with E-state index in [1.807, 2.05) is 18.2 Å². The van der Waals surface area contributed by atoms with Crippen molar-refractivity contribution < 1.29 is 33.5 Å². The highest BCUT2D eigenvalue weighted by Gasteiger charge is 2.34. The van der Waals surface area contributed by atoms with Gasteiger partial charge in [-0.1, -0.05) is 6.07 Å². The van der Waals surface area contributed by atoms with Gasteiger partial charge in [-0.05, 0) is 13.0 Å². The molecule has 0 spiro atoms. The number of rotatable bonds is 1. The zero-order chi connectivity index (χ0) is 11.2. The van der Waals surface area contributed by atoms with Crippen molar-refractivity contribution in [3.05, 3.63) is 23.8 Å². The van der Waals surface area contributed by atoms with Gasteiger partial charge in [0.2, 0.25) is 5.78 Å². The number of Topliss-reactive ketones (excluding diaryl/α,β-unsaturated/α-hetero) is 1. The number of ether oxygens (including phenoxy) is 1. The van der Waals surface area contributed by atoms with Crippen molar-refractivity contribution >= 4 is 11.5 Å². The van der Waals surface area contributed by atoms with E-state index in [2.05, 4.69) is 21.1 Å². The molecule has 0 radical (unpaired) electrons. The monoisotopic (exact) mass is 333 g/mol. The van der Waals surface area contributed by atoms with Crippen molar-refractivity contribution in [1.29, 1.82) is 0 Å². The summed E-state index contributed by atoms with van der Waals surface area (Å²) in [7, 11) is 6.19. The number of nitrogens with zero attached hydrogens (tertiary/aromatic N) is 1. The maximum atomic E-state index is 11.7. The molecule has 16 heavy (non-hydrogen) atoms. The molecule has 4 heteroatoms. The lowest BCUT2D eigenvalue weighted by atomic mass is 10.1. The molecule has 1 aromatic carbocycles. The summed E-state index contributed by atoms with van der Waals surface area (Å²) < 4.78 is 6.27. The van der Waals surface area contributed by atoms with Gasteiger partial charge in [-0.2, -0.15) is 0 Å². The summed E-state index contributed by atoms with van der Waals surface area (Å²) in [6, 6.07) is 5.75. The van der Waals surface area contributed by atoms with Crippen LogP contribution in [0.4, 0.5) is 5.69 Å². The molecule has 3 nitrogen and oxygen atoms in total. The Morgan fingerprint density at radius 2 is 1.88 bits per heavy atom. The fourth-order valence-electron chi connectivity index (χ4n) is 1.82. The van der Waals surface area contributed by atoms with Crippen LogP contribution in [0, 0.1) is 0 Å². The third-order valence-electron chi connectivity index (χ3n) is 2.65. The van der Waals surface area contributed by atoms with Crippen molar-refractivity contribution in [3.8, 4) is 5.75 Å². The second-order valence-electron chi connectivity index (χ2n) is 4.79. The molecule has 1 unspecified atom stereocenters. The third kappa shape index (κ3) is 2.08. The summed E-state index contributed by atoms with van der Waals surface area (Å²) in [4.78, 5) is 11.7. The Labute approximate surface area is 113 Å². The van der Waals surface area contributed by atoms with Gasteiger partial charge in [0.15, 0.2) is 17.5 Å². The minimum absolute atomic E-state index is 0. The van der Waals surface area contributed by atoms with Gasteiger partial charge in [0.1, 0.15) is 0 Å². The Balaban J connectivity index is 0.00000128. The summed E-state index contributed by atoms with van der Waals surface area (Å²) >= 11 is 0. The van der Waals surface area contributed by atoms with Gasteiger partial charge >= 0.3 is 0 Å². The lowest BCUT2D eigenvalue weighted by Crippen LogP contribution is -3.00. The molecule has 0 aliphatic carbocycles. The molecule has 0 bridgehead atoms. The molecule has 0 fully saturated rings. The number of benzene rings is 1. The van der Waals surface area contributed by atoms with E-state index in [4.69, 9.17) is 4.74 Å². The first-order valence-corrected chi connectivity index (χ1v) is 5.07. The van der Waals surface area contributed by atoms with Crippen LogP contribution in [-0.2, 0) is 0 Å². The van der Waals surface area contributed by atoms with E-state index in [9.17, 15) is 4.79 Å². The highest BCUT2D eigenvalue weighted by molar-refractivity contribution is 6.05. The number of carbonyl (C=O) groups excluding carboxylic acids is 1. The molecule has 88 valence electrons. The van der Waals surface area contributed by atoms with Crippen molar-refractivity contribution in [2.75, 3.05) is 21.1 Å². The molecule has 1 aromatic rings. The van der Waals surface area contributed by atoms with Gasteiger partial charge in [0, 0.05) is 6.07 Å². The average Bonchev–Trinajstić information content (AvgIpc) is 2.41. The van der Waals surface area contributed by atoms with Crippen LogP contribution in [0.5, 0.6) is 5.75 Å². The number of hydrogen-bond donors (Lipinski definition) is 0. The summed E-state index contributed by atoms with van der Waals surface area (Å²) in [5.74, 6) is 0.836. The molecule has 0 N–H and O–H groups in total. The normalized spacial score (nSPS) is 18.8. The molecule has 2 rings (SSSR count). The Morgan fingerprint density at radius 1 is 1.25 bits per heavy atom. The summed E-state index contributed by atoms with van der Waals surface area (Å²) in [6.07, 6.45) is -0.340. The molecule has 0 saturated carbocycles. The van der Waals surface area contributed by atoms with Crippen molar-refractivity contribution in [2.45, 2.75) is 13.0 Å². The molecular weight excluding hydrogens is 317 g/mol. The third-order valence-corrected chi connectivity index (χ3v) is 2.65. The van der Waals surface area contributed by atoms with Gasteiger partial charge in [-0.3, -0.25) is 9.28 Å². The van der Waals surface area contributed by atoms with E-state index in [1.165, 1.54) is 0 Å². The minimum Gasteiger partial charge on any atom is -1.00 e. The van der Waals surface area contributed by atoms with Gasteiger partial charge < -0.3 is 28.7 Å². The topological polar surface area (TPSA) is 26.3 Å². The SMILES string of the molecule is CC1Oc2c(cccc2[N+](C)(C)C)C1=O.[I-]. The van der Waals surface area contributed by atoms with Crippen LogP contribution in [-0.4, -0.2) is 33.0 Å². The predicted octanol–water partition coefficient (Wildman–Crippen LogP) is -1.15. The van der Waals surface area contributed by atoms with Gasteiger partial charge in [-0.25, -0.2) is 0 Å². The lowest BCUT2D eigenvalue weighted by Gasteiger charge is -2.24. The number of hydrogen-bond acceptors (Lipinski definition) is 2. The molecule has 1 aliphatic rings. The first kappa shape index (κ1) is 13.4. The molecule has 1 atom stereocenters. The quantitative estimate of drug-likeness (QED) is 0.479. The Bertz CT molecular complexity index is 424. The number of quaternary nitrogens is 1. The summed E-state index contributed by atoms with van der Waals surface area (Å²) in [5, 5.41) is 0. The molecule has 0 aromatic heterocycles. The Hall–Kier alpha value is -0.620. The minimum atomic E-state index is -0.340. The second-order valence-corrected chi connectivity index (χ2v) is 4.79. The van der Waals surface area contributed by atoms with E-state index in [0.29, 0.717) is 10.0 Å². The van der Waals surface area contributed by atoms with Crippen molar-refractivity contribution in [1.82, 2.24) is 4.48 Å². The molecule has 1 heterocycles. The van der Waals surface area contributed by atoms with E-state index in [0.717, 1.165) is 11.4 Å². The van der Waals surface area contributed by atoms with Gasteiger partial charge in [-0.15, -0.1) is 0 Å². The fraction of sp³-hybridized carbons (Fsp3) is 0.417. The van der Waals surface area contributed by atoms with E-state index >= 15 is 0 Å². The standard InChI is InChI=1S/C12H16NO2.HI/c1-8-11(14)9-6-5-7-10(12(9)15-8)13(2,3)4;/h5-8H,1-4H3;1H/q+1;/p-1. The second kappa shape index (κ2) is 4.33. The average molecular weight is 333 g/mol. The summed E-state index contributed by atoms with van der Waals surface area (Å²) in [6.45, 7) is 1.79. The van der Waals surface area contributed by atoms with Crippen molar-refractivity contribution in [2.24, 2.45) is 0 Å². The highest BCUT2D eigenvalue weighted by atomic mass is 127. The number of halogens is 1.